The Hall–Kier alpha value is -4.60. The van der Waals surface area contributed by atoms with Crippen LogP contribution in [-0.2, 0) is 14.9 Å². The lowest BCUT2D eigenvalue weighted by Gasteiger charge is -2.14. The molecule has 0 aliphatic carbocycles. The summed E-state index contributed by atoms with van der Waals surface area (Å²) in [6.07, 6.45) is 1.16. The van der Waals surface area contributed by atoms with Crippen LogP contribution in [0.1, 0.15) is 12.5 Å². The van der Waals surface area contributed by atoms with Gasteiger partial charge in [-0.15, -0.1) is 0 Å². The molecular weight excluding hydrogens is 538 g/mol. The van der Waals surface area contributed by atoms with Crippen LogP contribution in [0.4, 0.5) is 11.4 Å². The molecule has 38 heavy (non-hydrogen) atoms. The first-order valence-electron chi connectivity index (χ1n) is 10.8. The Morgan fingerprint density at radius 3 is 2.50 bits per heavy atom. The van der Waals surface area contributed by atoms with Crippen molar-refractivity contribution in [2.75, 3.05) is 19.0 Å². The van der Waals surface area contributed by atoms with Gasteiger partial charge in [0.05, 0.1) is 29.7 Å². The molecule has 0 aliphatic rings. The van der Waals surface area contributed by atoms with Crippen LogP contribution in [0, 0.1) is 21.4 Å². The topological polar surface area (TPSA) is 158 Å². The third kappa shape index (κ3) is 6.58. The summed E-state index contributed by atoms with van der Waals surface area (Å²) in [7, 11) is -2.91. The van der Waals surface area contributed by atoms with E-state index in [4.69, 9.17) is 25.3 Å². The summed E-state index contributed by atoms with van der Waals surface area (Å²) in [4.78, 5) is 23.4. The van der Waals surface area contributed by atoms with Crippen LogP contribution in [0.25, 0.3) is 6.08 Å². The predicted molar refractivity (Wildman–Crippen MR) is 139 cm³/mol. The monoisotopic (exact) mass is 557 g/mol. The normalized spacial score (nSPS) is 11.3. The lowest BCUT2D eigenvalue weighted by molar-refractivity contribution is -0.384. The van der Waals surface area contributed by atoms with Gasteiger partial charge >= 0.3 is 10.1 Å². The highest BCUT2D eigenvalue weighted by atomic mass is 35.5. The molecule has 13 heteroatoms. The minimum atomic E-state index is -4.24. The van der Waals surface area contributed by atoms with Crippen molar-refractivity contribution in [1.29, 1.82) is 5.26 Å². The van der Waals surface area contributed by atoms with Gasteiger partial charge in [-0.05, 0) is 55.0 Å². The van der Waals surface area contributed by atoms with E-state index in [1.807, 2.05) is 0 Å². The summed E-state index contributed by atoms with van der Waals surface area (Å²) in [5, 5.41) is 23.1. The first-order chi connectivity index (χ1) is 18.1. The minimum Gasteiger partial charge on any atom is -0.496 e. The molecule has 0 spiro atoms. The first-order valence-corrected chi connectivity index (χ1v) is 12.6. The lowest BCUT2D eigenvalue weighted by atomic mass is 10.1. The number of nitro benzene ring substituents is 1. The summed E-state index contributed by atoms with van der Waals surface area (Å²) in [5.41, 5.74) is -0.791. The number of carbonyl (C=O) groups is 1. The van der Waals surface area contributed by atoms with Gasteiger partial charge in [-0.2, -0.15) is 13.7 Å². The highest BCUT2D eigenvalue weighted by Gasteiger charge is 2.23. The Labute approximate surface area is 223 Å². The smallest absolute Gasteiger partial charge is 0.339 e. The SMILES string of the molecule is CCOc1cc(/C=C(\C#N)C(=O)Nc2ccc(OC)cc2[N+](=O)[O-])cc(Cl)c1OS(=O)(=O)c1ccccc1. The molecule has 0 fully saturated rings. The molecule has 11 nitrogen and oxygen atoms in total. The number of amides is 1. The molecule has 3 aromatic rings. The molecule has 0 radical (unpaired) electrons. The third-order valence-electron chi connectivity index (χ3n) is 4.88. The number of hydrogen-bond acceptors (Lipinski definition) is 9. The van der Waals surface area contributed by atoms with Gasteiger partial charge in [0.25, 0.3) is 11.6 Å². The van der Waals surface area contributed by atoms with Crippen molar-refractivity contribution in [1.82, 2.24) is 0 Å². The second kappa shape index (κ2) is 12.1. The van der Waals surface area contributed by atoms with E-state index in [0.29, 0.717) is 0 Å². The van der Waals surface area contributed by atoms with Crippen LogP contribution in [0.15, 0.2) is 71.1 Å². The zero-order chi connectivity index (χ0) is 27.9. The van der Waals surface area contributed by atoms with E-state index in [2.05, 4.69) is 5.32 Å². The summed E-state index contributed by atoms with van der Waals surface area (Å²) in [6, 6.07) is 15.6. The van der Waals surface area contributed by atoms with E-state index in [1.54, 1.807) is 19.1 Å². The van der Waals surface area contributed by atoms with Crippen molar-refractivity contribution in [2.45, 2.75) is 11.8 Å². The fourth-order valence-electron chi connectivity index (χ4n) is 3.16. The Morgan fingerprint density at radius 1 is 1.18 bits per heavy atom. The van der Waals surface area contributed by atoms with Crippen LogP contribution in [-0.4, -0.2) is 33.0 Å². The quantitative estimate of drug-likeness (QED) is 0.119. The van der Waals surface area contributed by atoms with Crippen LogP contribution in [0.2, 0.25) is 5.02 Å². The van der Waals surface area contributed by atoms with Crippen molar-refractivity contribution in [3.63, 3.8) is 0 Å². The number of methoxy groups -OCH3 is 1. The number of benzene rings is 3. The van der Waals surface area contributed by atoms with Crippen molar-refractivity contribution in [3.8, 4) is 23.3 Å². The third-order valence-corrected chi connectivity index (χ3v) is 6.40. The van der Waals surface area contributed by atoms with Gasteiger partial charge in [0, 0.05) is 0 Å². The average molecular weight is 558 g/mol. The number of nitrogens with one attached hydrogen (secondary N) is 1. The number of nitro groups is 1. The Morgan fingerprint density at radius 2 is 1.89 bits per heavy atom. The van der Waals surface area contributed by atoms with Crippen LogP contribution < -0.4 is 19.0 Å². The standard InChI is InChI=1S/C25H20ClN3O8S/c1-3-36-23-13-16(12-20(26)24(23)37-38(33,34)19-7-5-4-6-8-19)11-17(15-27)25(30)28-21-10-9-18(35-2)14-22(21)29(31)32/h4-14H,3H2,1-2H3,(H,28,30)/b17-11+. The molecular formula is C25H20ClN3O8S. The van der Waals surface area contributed by atoms with Gasteiger partial charge in [0.15, 0.2) is 5.75 Å². The molecule has 196 valence electrons. The van der Waals surface area contributed by atoms with E-state index in [1.165, 1.54) is 55.6 Å². The Kier molecular flexibility index (Phi) is 8.90. The van der Waals surface area contributed by atoms with Crippen molar-refractivity contribution in [2.24, 2.45) is 0 Å². The summed E-state index contributed by atoms with van der Waals surface area (Å²) in [6.45, 7) is 1.78. The number of nitrogens with zero attached hydrogens (tertiary/aromatic N) is 2. The minimum absolute atomic E-state index is 0.0470. The van der Waals surface area contributed by atoms with Crippen molar-refractivity contribution in [3.05, 3.63) is 86.9 Å². The molecule has 3 aromatic carbocycles. The number of hydrogen-bond donors (Lipinski definition) is 1. The maximum Gasteiger partial charge on any atom is 0.339 e. The highest BCUT2D eigenvalue weighted by molar-refractivity contribution is 7.87. The number of halogens is 1. The predicted octanol–water partition coefficient (Wildman–Crippen LogP) is 4.97. The van der Waals surface area contributed by atoms with Crippen molar-refractivity contribution >= 4 is 45.1 Å². The lowest BCUT2D eigenvalue weighted by Crippen LogP contribution is -2.14. The second-order valence-electron chi connectivity index (χ2n) is 7.38. The Bertz CT molecular complexity index is 1550. The van der Waals surface area contributed by atoms with E-state index in [9.17, 15) is 28.6 Å². The molecule has 0 heterocycles. The van der Waals surface area contributed by atoms with Crippen LogP contribution in [0.5, 0.6) is 17.2 Å². The fourth-order valence-corrected chi connectivity index (χ4v) is 4.44. The molecule has 0 unspecified atom stereocenters. The van der Waals surface area contributed by atoms with Gasteiger partial charge in [0.2, 0.25) is 5.75 Å². The van der Waals surface area contributed by atoms with E-state index < -0.39 is 32.2 Å². The van der Waals surface area contributed by atoms with Gasteiger partial charge in [-0.25, -0.2) is 0 Å². The summed E-state index contributed by atoms with van der Waals surface area (Å²) < 4.78 is 41.1. The summed E-state index contributed by atoms with van der Waals surface area (Å²) in [5.74, 6) is -1.04. The number of nitriles is 1. The molecule has 0 saturated carbocycles. The summed E-state index contributed by atoms with van der Waals surface area (Å²) >= 11 is 6.31. The van der Waals surface area contributed by atoms with E-state index >= 15 is 0 Å². The molecule has 0 saturated heterocycles. The van der Waals surface area contributed by atoms with Gasteiger partial charge in [0.1, 0.15) is 28.0 Å². The van der Waals surface area contributed by atoms with Gasteiger partial charge in [-0.3, -0.25) is 14.9 Å². The number of ether oxygens (including phenoxy) is 2. The molecule has 0 atom stereocenters. The van der Waals surface area contributed by atoms with Crippen LogP contribution in [0.3, 0.4) is 0 Å². The second-order valence-corrected chi connectivity index (χ2v) is 9.33. The maximum absolute atomic E-state index is 12.8. The number of carbonyl (C=O) groups excluding carboxylic acids is 1. The largest absolute Gasteiger partial charge is 0.496 e. The van der Waals surface area contributed by atoms with Gasteiger partial charge < -0.3 is 19.0 Å². The fraction of sp³-hybridized carbons (Fsp3) is 0.120. The zero-order valence-corrected chi connectivity index (χ0v) is 21.6. The molecule has 1 N–H and O–H groups in total. The number of anilines is 1. The van der Waals surface area contributed by atoms with E-state index in [0.717, 1.165) is 12.1 Å². The molecule has 0 bridgehead atoms. The molecule has 3 rings (SSSR count). The van der Waals surface area contributed by atoms with Gasteiger partial charge in [-0.1, -0.05) is 29.8 Å². The molecule has 1 amide bonds. The van der Waals surface area contributed by atoms with Crippen molar-refractivity contribution < 1.29 is 31.8 Å². The highest BCUT2D eigenvalue weighted by Crippen LogP contribution is 2.39. The average Bonchev–Trinajstić information content (AvgIpc) is 2.90. The zero-order valence-electron chi connectivity index (χ0n) is 20.0. The Balaban J connectivity index is 1.95. The first kappa shape index (κ1) is 28.0. The van der Waals surface area contributed by atoms with E-state index in [-0.39, 0.29) is 45.0 Å². The maximum atomic E-state index is 12.8. The number of rotatable bonds is 10. The van der Waals surface area contributed by atoms with Crippen LogP contribution >= 0.6 is 11.6 Å². The molecule has 0 aliphatic heterocycles. The molecule has 0 aromatic heterocycles.